The molecule has 1 rings (SSSR count). The lowest BCUT2D eigenvalue weighted by atomic mass is 10.1. The standard InChI is InChI=1S/C8H6F3O/c9-8(10,11)7-3-1-2-6(4-7)5-12/h1,3-4,12H,5H2. The normalized spacial score (nSPS) is 11.7. The van der Waals surface area contributed by atoms with Gasteiger partial charge in [0.15, 0.2) is 0 Å². The van der Waals surface area contributed by atoms with Gasteiger partial charge in [-0.1, -0.05) is 6.07 Å². The molecule has 0 spiro atoms. The van der Waals surface area contributed by atoms with Gasteiger partial charge in [0.2, 0.25) is 0 Å². The minimum Gasteiger partial charge on any atom is -0.392 e. The molecule has 1 N–H and O–H groups in total. The molecule has 0 bridgehead atoms. The average molecular weight is 175 g/mol. The van der Waals surface area contributed by atoms with Crippen LogP contribution in [0.3, 0.4) is 0 Å². The third-order valence-corrected chi connectivity index (χ3v) is 1.36. The smallest absolute Gasteiger partial charge is 0.392 e. The molecular formula is C8H6F3O. The lowest BCUT2D eigenvalue weighted by Gasteiger charge is -2.06. The first kappa shape index (κ1) is 9.06. The highest BCUT2D eigenvalue weighted by molar-refractivity contribution is 5.23. The zero-order chi connectivity index (χ0) is 9.19. The molecule has 0 aliphatic heterocycles. The summed E-state index contributed by atoms with van der Waals surface area (Å²) in [5, 5.41) is 8.53. The van der Waals surface area contributed by atoms with E-state index in [2.05, 4.69) is 6.07 Å². The van der Waals surface area contributed by atoms with Crippen LogP contribution in [0.5, 0.6) is 0 Å². The van der Waals surface area contributed by atoms with Gasteiger partial charge in [-0.2, -0.15) is 13.2 Å². The number of rotatable bonds is 1. The summed E-state index contributed by atoms with van der Waals surface area (Å²) in [5.74, 6) is 0. The van der Waals surface area contributed by atoms with Gasteiger partial charge in [0.25, 0.3) is 0 Å². The second-order valence-corrected chi connectivity index (χ2v) is 2.26. The molecule has 0 saturated heterocycles. The highest BCUT2D eigenvalue weighted by atomic mass is 19.4. The van der Waals surface area contributed by atoms with Gasteiger partial charge in [0, 0.05) is 0 Å². The Morgan fingerprint density at radius 3 is 2.58 bits per heavy atom. The Labute approximate surface area is 67.5 Å². The molecule has 0 aliphatic carbocycles. The third-order valence-electron chi connectivity index (χ3n) is 1.36. The number of halogens is 3. The minimum atomic E-state index is -4.35. The number of hydrogen-bond acceptors (Lipinski definition) is 1. The molecule has 1 aromatic rings. The summed E-state index contributed by atoms with van der Waals surface area (Å²) in [6.45, 7) is -0.427. The van der Waals surface area contributed by atoms with Crippen molar-refractivity contribution in [2.75, 3.05) is 0 Å². The van der Waals surface area contributed by atoms with Crippen LogP contribution >= 0.6 is 0 Å². The molecule has 0 aliphatic rings. The maximum Gasteiger partial charge on any atom is 0.416 e. The molecule has 1 aromatic carbocycles. The Bertz CT molecular complexity index is 267. The van der Waals surface area contributed by atoms with Crippen LogP contribution in [0.4, 0.5) is 13.2 Å². The summed E-state index contributed by atoms with van der Waals surface area (Å²) in [5.41, 5.74) is -0.616. The lowest BCUT2D eigenvalue weighted by Crippen LogP contribution is -2.05. The number of aliphatic hydroxyl groups excluding tert-OH is 1. The molecule has 65 valence electrons. The molecule has 12 heavy (non-hydrogen) atoms. The number of hydrogen-bond donors (Lipinski definition) is 1. The first-order chi connectivity index (χ1) is 5.54. The third kappa shape index (κ3) is 1.98. The van der Waals surface area contributed by atoms with Crippen molar-refractivity contribution in [3.05, 3.63) is 35.4 Å². The van der Waals surface area contributed by atoms with Gasteiger partial charge in [-0.3, -0.25) is 0 Å². The Hall–Kier alpha value is -1.03. The summed E-state index contributed by atoms with van der Waals surface area (Å²) in [7, 11) is 0. The first-order valence-electron chi connectivity index (χ1n) is 3.22. The quantitative estimate of drug-likeness (QED) is 0.692. The van der Waals surface area contributed by atoms with E-state index in [1.165, 1.54) is 0 Å². The van der Waals surface area contributed by atoms with Crippen LogP contribution in [0.15, 0.2) is 18.2 Å². The van der Waals surface area contributed by atoms with Crippen LogP contribution in [0.1, 0.15) is 11.1 Å². The van der Waals surface area contributed by atoms with Crippen molar-refractivity contribution in [1.29, 1.82) is 0 Å². The van der Waals surface area contributed by atoms with Crippen molar-refractivity contribution in [1.82, 2.24) is 0 Å². The average Bonchev–Trinajstić information content (AvgIpc) is 2.03. The van der Waals surface area contributed by atoms with Crippen molar-refractivity contribution >= 4 is 0 Å². The molecule has 0 heterocycles. The monoisotopic (exact) mass is 175 g/mol. The SMILES string of the molecule is OCc1[c]ccc(C(F)(F)F)c1. The van der Waals surface area contributed by atoms with Crippen LogP contribution in [0.25, 0.3) is 0 Å². The molecule has 1 radical (unpaired) electrons. The van der Waals surface area contributed by atoms with E-state index in [-0.39, 0.29) is 5.56 Å². The number of alkyl halides is 3. The topological polar surface area (TPSA) is 20.2 Å². The first-order valence-corrected chi connectivity index (χ1v) is 3.22. The Balaban J connectivity index is 3.02. The molecule has 0 atom stereocenters. The zero-order valence-corrected chi connectivity index (χ0v) is 6.02. The molecule has 1 nitrogen and oxygen atoms in total. The van der Waals surface area contributed by atoms with Gasteiger partial charge >= 0.3 is 6.18 Å². The maximum absolute atomic E-state index is 12.0. The van der Waals surface area contributed by atoms with Crippen LogP contribution in [-0.4, -0.2) is 5.11 Å². The van der Waals surface area contributed by atoms with E-state index >= 15 is 0 Å². The van der Waals surface area contributed by atoms with Gasteiger partial charge in [-0.25, -0.2) is 0 Å². The summed E-state index contributed by atoms with van der Waals surface area (Å²) in [6.07, 6.45) is -4.35. The molecule has 0 aromatic heterocycles. The summed E-state index contributed by atoms with van der Waals surface area (Å²) < 4.78 is 36.0. The predicted molar refractivity (Wildman–Crippen MR) is 36.2 cm³/mol. The maximum atomic E-state index is 12.0. The molecule has 0 amide bonds. The van der Waals surface area contributed by atoms with Gasteiger partial charge in [0.05, 0.1) is 12.2 Å². The lowest BCUT2D eigenvalue weighted by molar-refractivity contribution is -0.137. The van der Waals surface area contributed by atoms with Crippen LogP contribution in [0.2, 0.25) is 0 Å². The molecule has 4 heteroatoms. The van der Waals surface area contributed by atoms with Gasteiger partial charge in [-0.05, 0) is 23.8 Å². The Kier molecular flexibility index (Phi) is 2.38. The van der Waals surface area contributed by atoms with Crippen molar-refractivity contribution < 1.29 is 18.3 Å². The fourth-order valence-corrected chi connectivity index (χ4v) is 0.784. The number of benzene rings is 1. The van der Waals surface area contributed by atoms with Crippen molar-refractivity contribution in [2.45, 2.75) is 12.8 Å². The highest BCUT2D eigenvalue weighted by Crippen LogP contribution is 2.29. The van der Waals surface area contributed by atoms with E-state index in [1.807, 2.05) is 0 Å². The minimum absolute atomic E-state index is 0.143. The fraction of sp³-hybridized carbons (Fsp3) is 0.250. The second-order valence-electron chi connectivity index (χ2n) is 2.26. The van der Waals surface area contributed by atoms with Gasteiger partial charge < -0.3 is 5.11 Å². The van der Waals surface area contributed by atoms with Crippen LogP contribution < -0.4 is 0 Å². The van der Waals surface area contributed by atoms with Crippen molar-refractivity contribution in [3.63, 3.8) is 0 Å². The van der Waals surface area contributed by atoms with Crippen LogP contribution in [-0.2, 0) is 12.8 Å². The summed E-state index contributed by atoms with van der Waals surface area (Å²) >= 11 is 0. The summed E-state index contributed by atoms with van der Waals surface area (Å²) in [4.78, 5) is 0. The van der Waals surface area contributed by atoms with E-state index in [0.717, 1.165) is 18.2 Å². The molecular weight excluding hydrogens is 169 g/mol. The van der Waals surface area contributed by atoms with E-state index < -0.39 is 18.3 Å². The van der Waals surface area contributed by atoms with Crippen molar-refractivity contribution in [2.24, 2.45) is 0 Å². The predicted octanol–water partition coefficient (Wildman–Crippen LogP) is 2.00. The van der Waals surface area contributed by atoms with Crippen molar-refractivity contribution in [3.8, 4) is 0 Å². The molecule has 0 fully saturated rings. The Morgan fingerprint density at radius 1 is 1.42 bits per heavy atom. The highest BCUT2D eigenvalue weighted by Gasteiger charge is 2.30. The zero-order valence-electron chi connectivity index (χ0n) is 6.02. The Morgan fingerprint density at radius 2 is 2.08 bits per heavy atom. The fourth-order valence-electron chi connectivity index (χ4n) is 0.784. The molecule has 0 saturated carbocycles. The number of aliphatic hydroxyl groups is 1. The molecule has 0 unspecified atom stereocenters. The largest absolute Gasteiger partial charge is 0.416 e. The summed E-state index contributed by atoms with van der Waals surface area (Å²) in [6, 6.07) is 5.42. The van der Waals surface area contributed by atoms with E-state index in [1.54, 1.807) is 0 Å². The van der Waals surface area contributed by atoms with Gasteiger partial charge in [-0.15, -0.1) is 0 Å². The van der Waals surface area contributed by atoms with E-state index in [9.17, 15) is 13.2 Å². The van der Waals surface area contributed by atoms with Crippen LogP contribution in [0, 0.1) is 6.07 Å². The van der Waals surface area contributed by atoms with Gasteiger partial charge in [0.1, 0.15) is 0 Å². The van der Waals surface area contributed by atoms with E-state index in [0.29, 0.717) is 0 Å². The van der Waals surface area contributed by atoms with E-state index in [4.69, 9.17) is 5.11 Å². The second kappa shape index (κ2) is 3.15.